The molecule has 0 saturated carbocycles. The van der Waals surface area contributed by atoms with E-state index < -0.39 is 0 Å². The minimum atomic E-state index is 0.628. The zero-order valence-corrected chi connectivity index (χ0v) is 32.0. The molecule has 9 aromatic carbocycles. The first-order valence-electron chi connectivity index (χ1n) is 19.5. The molecular weight excluding hydrogens is 725 g/mol. The first-order chi connectivity index (χ1) is 28.7. The van der Waals surface area contributed by atoms with Crippen molar-refractivity contribution >= 4 is 74.9 Å². The van der Waals surface area contributed by atoms with Crippen LogP contribution in [0.3, 0.4) is 0 Å². The van der Waals surface area contributed by atoms with E-state index in [-0.39, 0.29) is 0 Å². The van der Waals surface area contributed by atoms with Crippen molar-refractivity contribution in [1.29, 1.82) is 0 Å². The molecule has 0 aliphatic carbocycles. The number of fused-ring (bicyclic) bond motifs is 9. The van der Waals surface area contributed by atoms with Gasteiger partial charge >= 0.3 is 0 Å². The van der Waals surface area contributed by atoms with Gasteiger partial charge in [0.15, 0.2) is 17.5 Å². The second-order valence-electron chi connectivity index (χ2n) is 14.8. The van der Waals surface area contributed by atoms with Crippen molar-refractivity contribution in [3.63, 3.8) is 0 Å². The molecule has 0 bridgehead atoms. The van der Waals surface area contributed by atoms with Crippen molar-refractivity contribution in [3.8, 4) is 51.0 Å². The molecule has 0 saturated heterocycles. The third-order valence-corrected chi connectivity index (χ3v) is 12.6. The third-order valence-electron chi connectivity index (χ3n) is 11.4. The highest BCUT2D eigenvalue weighted by Crippen LogP contribution is 2.45. The van der Waals surface area contributed by atoms with Gasteiger partial charge < -0.3 is 4.57 Å². The van der Waals surface area contributed by atoms with Crippen LogP contribution in [0.2, 0.25) is 0 Å². The summed E-state index contributed by atoms with van der Waals surface area (Å²) in [5.41, 5.74) is 8.53. The van der Waals surface area contributed by atoms with Crippen LogP contribution in [-0.2, 0) is 0 Å². The number of hydrogen-bond donors (Lipinski definition) is 0. The van der Waals surface area contributed by atoms with E-state index in [9.17, 15) is 0 Å². The molecule has 5 heteroatoms. The van der Waals surface area contributed by atoms with E-state index in [1.165, 1.54) is 63.5 Å². The average molecular weight is 757 g/mol. The molecule has 3 heterocycles. The molecule has 0 atom stereocenters. The van der Waals surface area contributed by atoms with Gasteiger partial charge in [-0.1, -0.05) is 158 Å². The van der Waals surface area contributed by atoms with Gasteiger partial charge in [0, 0.05) is 48.3 Å². The van der Waals surface area contributed by atoms with E-state index in [4.69, 9.17) is 15.0 Å². The lowest BCUT2D eigenvalue weighted by Gasteiger charge is -2.14. The number of aromatic nitrogens is 4. The van der Waals surface area contributed by atoms with Crippen LogP contribution >= 0.6 is 11.3 Å². The minimum absolute atomic E-state index is 0.628. The molecule has 0 amide bonds. The maximum atomic E-state index is 5.32. The largest absolute Gasteiger partial charge is 0.307 e. The number of thiophene rings is 1. The molecule has 12 rings (SSSR count). The van der Waals surface area contributed by atoms with Crippen LogP contribution < -0.4 is 0 Å². The second kappa shape index (κ2) is 13.1. The molecule has 0 unspecified atom stereocenters. The fourth-order valence-electron chi connectivity index (χ4n) is 8.64. The Morgan fingerprint density at radius 1 is 0.345 bits per heavy atom. The summed E-state index contributed by atoms with van der Waals surface area (Å²) in [5, 5.41) is 9.71. The van der Waals surface area contributed by atoms with Crippen LogP contribution in [0.4, 0.5) is 0 Å². The van der Waals surface area contributed by atoms with Crippen molar-refractivity contribution in [1.82, 2.24) is 19.5 Å². The van der Waals surface area contributed by atoms with Crippen molar-refractivity contribution in [2.75, 3.05) is 0 Å². The van der Waals surface area contributed by atoms with Crippen molar-refractivity contribution < 1.29 is 0 Å². The summed E-state index contributed by atoms with van der Waals surface area (Å²) < 4.78 is 4.97. The minimum Gasteiger partial charge on any atom is -0.307 e. The molecule has 0 aliphatic rings. The maximum Gasteiger partial charge on any atom is 0.164 e. The van der Waals surface area contributed by atoms with Gasteiger partial charge in [-0.2, -0.15) is 0 Å². The van der Waals surface area contributed by atoms with E-state index in [0.29, 0.717) is 17.5 Å². The molecule has 0 fully saturated rings. The number of hydrogen-bond acceptors (Lipinski definition) is 4. The lowest BCUT2D eigenvalue weighted by atomic mass is 10.0. The summed E-state index contributed by atoms with van der Waals surface area (Å²) in [7, 11) is 0. The van der Waals surface area contributed by atoms with Gasteiger partial charge in [-0.3, -0.25) is 0 Å². The predicted molar refractivity (Wildman–Crippen MR) is 244 cm³/mol. The Hall–Kier alpha value is -7.47. The zero-order valence-electron chi connectivity index (χ0n) is 31.2. The van der Waals surface area contributed by atoms with Crippen LogP contribution in [0.15, 0.2) is 194 Å². The van der Waals surface area contributed by atoms with Crippen molar-refractivity contribution in [2.45, 2.75) is 0 Å². The summed E-state index contributed by atoms with van der Waals surface area (Å²) in [6, 6.07) is 69.2. The molecule has 58 heavy (non-hydrogen) atoms. The van der Waals surface area contributed by atoms with Crippen molar-refractivity contribution in [2.24, 2.45) is 0 Å². The molecule has 12 aromatic rings. The van der Waals surface area contributed by atoms with Crippen LogP contribution in [0.25, 0.3) is 115 Å². The molecule has 4 nitrogen and oxygen atoms in total. The maximum absolute atomic E-state index is 5.32. The average Bonchev–Trinajstić information content (AvgIpc) is 3.84. The molecule has 0 N–H and O–H groups in total. The van der Waals surface area contributed by atoms with Gasteiger partial charge in [0.2, 0.25) is 0 Å². The Kier molecular flexibility index (Phi) is 7.37. The highest BCUT2D eigenvalue weighted by atomic mass is 32.1. The summed E-state index contributed by atoms with van der Waals surface area (Å²) in [6.07, 6.45) is 0. The normalized spacial score (nSPS) is 11.8. The van der Waals surface area contributed by atoms with E-state index in [0.717, 1.165) is 33.5 Å². The van der Waals surface area contributed by atoms with Gasteiger partial charge in [-0.15, -0.1) is 11.3 Å². The lowest BCUT2D eigenvalue weighted by molar-refractivity contribution is 1.07. The number of nitrogens with zero attached hydrogens (tertiary/aromatic N) is 4. The van der Waals surface area contributed by atoms with Crippen LogP contribution in [-0.4, -0.2) is 19.5 Å². The van der Waals surface area contributed by atoms with Gasteiger partial charge in [0.05, 0.1) is 21.4 Å². The summed E-state index contributed by atoms with van der Waals surface area (Å²) in [5.74, 6) is 1.90. The number of rotatable bonds is 5. The van der Waals surface area contributed by atoms with Gasteiger partial charge in [-0.05, 0) is 63.7 Å². The first-order valence-corrected chi connectivity index (χ1v) is 20.3. The van der Waals surface area contributed by atoms with Crippen LogP contribution in [0, 0.1) is 0 Å². The Morgan fingerprint density at radius 3 is 1.74 bits per heavy atom. The Labute approximate surface area is 338 Å². The van der Waals surface area contributed by atoms with E-state index in [1.807, 2.05) is 35.6 Å². The van der Waals surface area contributed by atoms with Gasteiger partial charge in [-0.25, -0.2) is 15.0 Å². The molecule has 3 aromatic heterocycles. The van der Waals surface area contributed by atoms with E-state index in [1.54, 1.807) is 0 Å². The standard InChI is InChI=1S/C53H32N4S/c1-3-14-33(15-4-1)36-21-13-22-39(28-36)52-54-51(35-17-5-2-6-18-35)55-53(56-52)40-30-45-42-24-11-12-25-48(42)58-50(45)47(32-40)57-46-31-38-20-8-7-19-37(38)29-44(46)43-27-26-34-16-9-10-23-41(34)49(43)57/h1-32H. The molecule has 0 aliphatic heterocycles. The number of benzene rings is 9. The molecular formula is C53H32N4S. The Morgan fingerprint density at radius 2 is 0.948 bits per heavy atom. The summed E-state index contributed by atoms with van der Waals surface area (Å²) >= 11 is 1.84. The van der Waals surface area contributed by atoms with Crippen molar-refractivity contribution in [3.05, 3.63) is 194 Å². The Bertz CT molecular complexity index is 3570. The quantitative estimate of drug-likeness (QED) is 0.176. The Balaban J connectivity index is 1.18. The fraction of sp³-hybridized carbons (Fsp3) is 0. The van der Waals surface area contributed by atoms with Crippen LogP contribution in [0.5, 0.6) is 0 Å². The first kappa shape index (κ1) is 32.7. The topological polar surface area (TPSA) is 43.6 Å². The monoisotopic (exact) mass is 756 g/mol. The smallest absolute Gasteiger partial charge is 0.164 e. The molecule has 0 radical (unpaired) electrons. The van der Waals surface area contributed by atoms with Crippen LogP contribution in [0.1, 0.15) is 0 Å². The summed E-state index contributed by atoms with van der Waals surface area (Å²) in [6.45, 7) is 0. The molecule has 0 spiro atoms. The van der Waals surface area contributed by atoms with Gasteiger partial charge in [0.1, 0.15) is 0 Å². The molecule has 270 valence electrons. The van der Waals surface area contributed by atoms with E-state index in [2.05, 4.69) is 174 Å². The third kappa shape index (κ3) is 5.25. The summed E-state index contributed by atoms with van der Waals surface area (Å²) in [4.78, 5) is 15.7. The highest BCUT2D eigenvalue weighted by Gasteiger charge is 2.22. The lowest BCUT2D eigenvalue weighted by Crippen LogP contribution is -2.01. The predicted octanol–water partition coefficient (Wildman–Crippen LogP) is 14.3. The fourth-order valence-corrected chi connectivity index (χ4v) is 9.82. The SMILES string of the molecule is c1ccc(-c2cccc(-c3nc(-c4ccccc4)nc(-c4cc(-n5c6cc7ccccc7cc6c6ccc7ccccc7c65)c5sc6ccccc6c5c4)n3)c2)cc1. The second-order valence-corrected chi connectivity index (χ2v) is 15.9. The zero-order chi connectivity index (χ0) is 38.2. The van der Waals surface area contributed by atoms with E-state index >= 15 is 0 Å². The van der Waals surface area contributed by atoms with Gasteiger partial charge in [0.25, 0.3) is 0 Å². The highest BCUT2D eigenvalue weighted by molar-refractivity contribution is 7.26.